The summed E-state index contributed by atoms with van der Waals surface area (Å²) in [5.41, 5.74) is -1.66. The number of carbonyl (C=O) groups is 1. The van der Waals surface area contributed by atoms with E-state index >= 15 is 0 Å². The van der Waals surface area contributed by atoms with Crippen molar-refractivity contribution in [1.82, 2.24) is 14.8 Å². The smallest absolute Gasteiger partial charge is 0.294 e. The molecule has 2 aromatic heterocycles. The highest BCUT2D eigenvalue weighted by molar-refractivity contribution is 6.29. The lowest BCUT2D eigenvalue weighted by atomic mass is 10.2. The molecular weight excluding hydrogens is 283 g/mol. The van der Waals surface area contributed by atoms with Gasteiger partial charge in [-0.1, -0.05) is 17.7 Å². The maximum atomic E-state index is 13.0. The second-order valence-corrected chi connectivity index (χ2v) is 4.08. The molecule has 0 N–H and O–H groups in total. The Bertz CT molecular complexity index is 636. The minimum atomic E-state index is -4.72. The Balaban J connectivity index is 2.68. The van der Waals surface area contributed by atoms with Gasteiger partial charge < -0.3 is 0 Å². The maximum Gasteiger partial charge on any atom is 0.434 e. The molecule has 2 heterocycles. The number of hydrogen-bond donors (Lipinski definition) is 0. The fourth-order valence-corrected chi connectivity index (χ4v) is 1.73. The summed E-state index contributed by atoms with van der Waals surface area (Å²) < 4.78 is 39.6. The molecule has 2 rings (SSSR count). The molecule has 100 valence electrons. The topological polar surface area (TPSA) is 47.8 Å². The van der Waals surface area contributed by atoms with Crippen LogP contribution in [0.25, 0.3) is 5.82 Å². The van der Waals surface area contributed by atoms with Crippen LogP contribution in [0.5, 0.6) is 0 Å². The van der Waals surface area contributed by atoms with Crippen LogP contribution in [0.2, 0.25) is 5.15 Å². The molecule has 0 saturated carbocycles. The largest absolute Gasteiger partial charge is 0.434 e. The molecule has 0 unspecified atom stereocenters. The molecule has 0 aliphatic carbocycles. The van der Waals surface area contributed by atoms with Crippen LogP contribution in [0.15, 0.2) is 24.4 Å². The van der Waals surface area contributed by atoms with Gasteiger partial charge in [0.15, 0.2) is 17.3 Å². The summed E-state index contributed by atoms with van der Waals surface area (Å²) in [6, 6.07) is 4.19. The van der Waals surface area contributed by atoms with Gasteiger partial charge in [-0.25, -0.2) is 9.67 Å². The van der Waals surface area contributed by atoms with E-state index in [1.807, 2.05) is 0 Å². The molecule has 0 radical (unpaired) electrons. The van der Waals surface area contributed by atoms with Gasteiger partial charge in [0.2, 0.25) is 0 Å². The Morgan fingerprint density at radius 2 is 2.05 bits per heavy atom. The van der Waals surface area contributed by atoms with E-state index in [2.05, 4.69) is 10.1 Å². The van der Waals surface area contributed by atoms with Gasteiger partial charge in [0.1, 0.15) is 5.15 Å². The number of halogens is 4. The number of pyridine rings is 1. The lowest BCUT2D eigenvalue weighted by Crippen LogP contribution is -2.17. The Hall–Kier alpha value is -1.89. The summed E-state index contributed by atoms with van der Waals surface area (Å²) in [6.45, 7) is 1.04. The molecule has 0 fully saturated rings. The Morgan fingerprint density at radius 3 is 2.58 bits per heavy atom. The fourth-order valence-electron chi connectivity index (χ4n) is 1.57. The van der Waals surface area contributed by atoms with E-state index in [0.29, 0.717) is 4.68 Å². The van der Waals surface area contributed by atoms with E-state index < -0.39 is 23.2 Å². The van der Waals surface area contributed by atoms with Crippen molar-refractivity contribution in [3.05, 3.63) is 40.8 Å². The zero-order valence-corrected chi connectivity index (χ0v) is 10.3. The summed E-state index contributed by atoms with van der Waals surface area (Å²) >= 11 is 5.63. The van der Waals surface area contributed by atoms with Crippen LogP contribution >= 0.6 is 11.6 Å². The molecule has 8 heteroatoms. The van der Waals surface area contributed by atoms with Gasteiger partial charge in [-0.05, 0) is 19.1 Å². The van der Waals surface area contributed by atoms with Crippen LogP contribution in [0.4, 0.5) is 13.2 Å². The maximum absolute atomic E-state index is 13.0. The predicted octanol–water partition coefficient (Wildman–Crippen LogP) is 3.14. The molecule has 0 aliphatic rings. The number of hydrogen-bond acceptors (Lipinski definition) is 3. The van der Waals surface area contributed by atoms with Crippen LogP contribution in [0.1, 0.15) is 23.0 Å². The number of carbonyl (C=O) groups excluding carboxylic acids is 1. The highest BCUT2D eigenvalue weighted by atomic mass is 35.5. The van der Waals surface area contributed by atoms with Crippen molar-refractivity contribution < 1.29 is 18.0 Å². The van der Waals surface area contributed by atoms with E-state index in [-0.39, 0.29) is 11.0 Å². The van der Waals surface area contributed by atoms with Crippen molar-refractivity contribution in [2.75, 3.05) is 0 Å². The second kappa shape index (κ2) is 4.65. The SMILES string of the molecule is CC(=O)c1cnn(-c2cccc(Cl)n2)c1C(F)(F)F. The molecule has 0 aliphatic heterocycles. The van der Waals surface area contributed by atoms with E-state index in [0.717, 1.165) is 13.1 Å². The van der Waals surface area contributed by atoms with Gasteiger partial charge in [0.05, 0.1) is 11.8 Å². The van der Waals surface area contributed by atoms with Crippen molar-refractivity contribution in [3.63, 3.8) is 0 Å². The second-order valence-electron chi connectivity index (χ2n) is 3.69. The van der Waals surface area contributed by atoms with Crippen LogP contribution in [0, 0.1) is 0 Å². The van der Waals surface area contributed by atoms with Crippen molar-refractivity contribution in [2.24, 2.45) is 0 Å². The summed E-state index contributed by atoms with van der Waals surface area (Å²) in [5.74, 6) is -0.826. The van der Waals surface area contributed by atoms with E-state index in [4.69, 9.17) is 11.6 Å². The number of rotatable bonds is 2. The van der Waals surface area contributed by atoms with Crippen LogP contribution in [0.3, 0.4) is 0 Å². The molecule has 0 saturated heterocycles. The first kappa shape index (κ1) is 13.5. The van der Waals surface area contributed by atoms with Gasteiger partial charge in [-0.2, -0.15) is 18.3 Å². The molecule has 0 aromatic carbocycles. The first-order valence-electron chi connectivity index (χ1n) is 5.10. The number of nitrogens with zero attached hydrogens (tertiary/aromatic N) is 3. The molecule has 4 nitrogen and oxygen atoms in total. The molecule has 0 atom stereocenters. The summed E-state index contributed by atoms with van der Waals surface area (Å²) in [4.78, 5) is 15.0. The van der Waals surface area contributed by atoms with Crippen LogP contribution in [-0.4, -0.2) is 20.5 Å². The lowest BCUT2D eigenvalue weighted by molar-refractivity contribution is -0.143. The molecule has 2 aromatic rings. The normalized spacial score (nSPS) is 11.6. The lowest BCUT2D eigenvalue weighted by Gasteiger charge is -2.11. The number of alkyl halides is 3. The Kier molecular flexibility index (Phi) is 3.32. The van der Waals surface area contributed by atoms with E-state index in [9.17, 15) is 18.0 Å². The highest BCUT2D eigenvalue weighted by Crippen LogP contribution is 2.33. The van der Waals surface area contributed by atoms with Crippen molar-refractivity contribution in [1.29, 1.82) is 0 Å². The molecule has 0 amide bonds. The van der Waals surface area contributed by atoms with Crippen molar-refractivity contribution >= 4 is 17.4 Å². The predicted molar refractivity (Wildman–Crippen MR) is 61.4 cm³/mol. The minimum Gasteiger partial charge on any atom is -0.294 e. The molecule has 0 spiro atoms. The molecule has 0 bridgehead atoms. The highest BCUT2D eigenvalue weighted by Gasteiger charge is 2.40. The summed E-state index contributed by atoms with van der Waals surface area (Å²) in [5, 5.41) is 3.60. The summed E-state index contributed by atoms with van der Waals surface area (Å²) in [7, 11) is 0. The molecule has 19 heavy (non-hydrogen) atoms. The van der Waals surface area contributed by atoms with Crippen molar-refractivity contribution in [3.8, 4) is 5.82 Å². The zero-order chi connectivity index (χ0) is 14.2. The zero-order valence-electron chi connectivity index (χ0n) is 9.57. The van der Waals surface area contributed by atoms with Crippen LogP contribution in [-0.2, 0) is 6.18 Å². The van der Waals surface area contributed by atoms with Gasteiger partial charge in [-0.3, -0.25) is 4.79 Å². The summed E-state index contributed by atoms with van der Waals surface area (Å²) in [6.07, 6.45) is -3.85. The van der Waals surface area contributed by atoms with Gasteiger partial charge >= 0.3 is 6.18 Å². The van der Waals surface area contributed by atoms with E-state index in [1.54, 1.807) is 0 Å². The van der Waals surface area contributed by atoms with Gasteiger partial charge in [0.25, 0.3) is 0 Å². The quantitative estimate of drug-likeness (QED) is 0.630. The van der Waals surface area contributed by atoms with Gasteiger partial charge in [0, 0.05) is 0 Å². The first-order valence-corrected chi connectivity index (χ1v) is 5.47. The fraction of sp³-hybridized carbons (Fsp3) is 0.182. The van der Waals surface area contributed by atoms with Crippen LogP contribution < -0.4 is 0 Å². The van der Waals surface area contributed by atoms with E-state index in [1.165, 1.54) is 18.2 Å². The third-order valence-electron chi connectivity index (χ3n) is 2.33. The first-order chi connectivity index (χ1) is 8.80. The third kappa shape index (κ3) is 2.60. The standard InChI is InChI=1S/C11H7ClF3N3O/c1-6(19)7-5-16-18(10(7)11(13,14)15)9-4-2-3-8(12)17-9/h2-5H,1H3. The average molecular weight is 290 g/mol. The Morgan fingerprint density at radius 1 is 1.37 bits per heavy atom. The van der Waals surface area contributed by atoms with Gasteiger partial charge in [-0.15, -0.1) is 0 Å². The minimum absolute atomic E-state index is 0.0329. The third-order valence-corrected chi connectivity index (χ3v) is 2.54. The number of Topliss-reactive ketones (excluding diaryl/α,β-unsaturated/α-hetero) is 1. The average Bonchev–Trinajstić information content (AvgIpc) is 2.73. The van der Waals surface area contributed by atoms with Crippen molar-refractivity contribution in [2.45, 2.75) is 13.1 Å². The monoisotopic (exact) mass is 289 g/mol. The molecular formula is C11H7ClF3N3O. The number of ketones is 1. The Labute approximate surface area is 110 Å². The number of aromatic nitrogens is 3.